The summed E-state index contributed by atoms with van der Waals surface area (Å²) in [4.78, 5) is 4.00. The molecule has 0 aliphatic carbocycles. The lowest BCUT2D eigenvalue weighted by Gasteiger charge is -2.20. The van der Waals surface area contributed by atoms with Crippen LogP contribution in [0.2, 0.25) is 0 Å². The molecule has 0 radical (unpaired) electrons. The summed E-state index contributed by atoms with van der Waals surface area (Å²) in [6.45, 7) is 7.05. The highest BCUT2D eigenvalue weighted by atomic mass is 15.1. The van der Waals surface area contributed by atoms with Crippen LogP contribution in [0.4, 0.5) is 0 Å². The van der Waals surface area contributed by atoms with Crippen molar-refractivity contribution >= 4 is 0 Å². The number of nitriles is 1. The first-order valence-electron chi connectivity index (χ1n) is 4.60. The van der Waals surface area contributed by atoms with Crippen molar-refractivity contribution in [3.63, 3.8) is 0 Å². The summed E-state index contributed by atoms with van der Waals surface area (Å²) < 4.78 is 1.80. The van der Waals surface area contributed by atoms with E-state index in [0.717, 1.165) is 12.2 Å². The first-order chi connectivity index (χ1) is 6.44. The third-order valence-corrected chi connectivity index (χ3v) is 1.98. The Kier molecular flexibility index (Phi) is 2.92. The first-order valence-corrected chi connectivity index (χ1v) is 4.60. The van der Waals surface area contributed by atoms with Gasteiger partial charge in [-0.15, -0.1) is 0 Å². The van der Waals surface area contributed by atoms with Gasteiger partial charge in [0.15, 0.2) is 0 Å². The molecule has 76 valence electrons. The smallest absolute Gasteiger partial charge is 0.212 e. The molecule has 0 bridgehead atoms. The highest BCUT2D eigenvalue weighted by Crippen LogP contribution is 2.05. The summed E-state index contributed by atoms with van der Waals surface area (Å²) in [6, 6.07) is 2.04. The molecule has 1 rings (SSSR count). The Morgan fingerprint density at radius 3 is 2.64 bits per heavy atom. The molecule has 0 spiro atoms. The fourth-order valence-corrected chi connectivity index (χ4v) is 1.07. The predicted octanol–water partition coefficient (Wildman–Crippen LogP) is 1.18. The van der Waals surface area contributed by atoms with Crippen LogP contribution < -0.4 is 5.32 Å². The number of hydrogen-bond donors (Lipinski definition) is 1. The van der Waals surface area contributed by atoms with Gasteiger partial charge in [-0.3, -0.25) is 0 Å². The molecule has 0 amide bonds. The predicted molar refractivity (Wildman–Crippen MR) is 54.5 cm³/mol. The van der Waals surface area contributed by atoms with Crippen molar-refractivity contribution in [3.8, 4) is 6.07 Å². The molecule has 1 aromatic rings. The Labute approximate surface area is 84.6 Å². The van der Waals surface area contributed by atoms with Gasteiger partial charge < -0.3 is 9.88 Å². The number of rotatable bonds is 2. The van der Waals surface area contributed by atoms with Crippen LogP contribution in [0.1, 0.15) is 32.3 Å². The number of aromatic nitrogens is 2. The van der Waals surface area contributed by atoms with Gasteiger partial charge in [-0.25, -0.2) is 4.98 Å². The van der Waals surface area contributed by atoms with Gasteiger partial charge in [-0.05, 0) is 20.8 Å². The molecule has 0 aliphatic rings. The molecule has 0 saturated carbocycles. The number of imidazole rings is 1. The van der Waals surface area contributed by atoms with Crippen molar-refractivity contribution in [2.24, 2.45) is 7.05 Å². The summed E-state index contributed by atoms with van der Waals surface area (Å²) in [5, 5.41) is 12.1. The molecule has 4 heteroatoms. The Hall–Kier alpha value is -1.34. The molecule has 4 nitrogen and oxygen atoms in total. The maximum atomic E-state index is 8.71. The van der Waals surface area contributed by atoms with Gasteiger partial charge >= 0.3 is 0 Å². The second kappa shape index (κ2) is 3.81. The van der Waals surface area contributed by atoms with Crippen LogP contribution >= 0.6 is 0 Å². The Morgan fingerprint density at radius 1 is 1.57 bits per heavy atom. The molecule has 0 aromatic carbocycles. The van der Waals surface area contributed by atoms with E-state index in [1.54, 1.807) is 10.8 Å². The largest absolute Gasteiger partial charge is 0.322 e. The highest BCUT2D eigenvalue weighted by Gasteiger charge is 2.11. The summed E-state index contributed by atoms with van der Waals surface area (Å²) >= 11 is 0. The van der Waals surface area contributed by atoms with E-state index in [4.69, 9.17) is 5.26 Å². The van der Waals surface area contributed by atoms with Crippen LogP contribution in [0.5, 0.6) is 0 Å². The molecule has 0 unspecified atom stereocenters. The molecular formula is C10H16N4. The topological polar surface area (TPSA) is 53.6 Å². The maximum absolute atomic E-state index is 8.71. The quantitative estimate of drug-likeness (QED) is 0.765. The van der Waals surface area contributed by atoms with E-state index < -0.39 is 0 Å². The second-order valence-electron chi connectivity index (χ2n) is 4.35. The second-order valence-corrected chi connectivity index (χ2v) is 4.35. The fourth-order valence-electron chi connectivity index (χ4n) is 1.07. The summed E-state index contributed by atoms with van der Waals surface area (Å²) in [5.74, 6) is 0.454. The van der Waals surface area contributed by atoms with Crippen LogP contribution in [0, 0.1) is 11.3 Å². The standard InChI is InChI=1S/C10H16N4/c1-10(2,3)13-7-8-6-12-9(5-11)14(8)4/h6,13H,7H2,1-4H3. The van der Waals surface area contributed by atoms with Gasteiger partial charge in [0.1, 0.15) is 6.07 Å². The zero-order valence-corrected chi connectivity index (χ0v) is 9.13. The summed E-state index contributed by atoms with van der Waals surface area (Å²) in [5.41, 5.74) is 1.10. The van der Waals surface area contributed by atoms with Crippen LogP contribution in [0.15, 0.2) is 6.20 Å². The lowest BCUT2D eigenvalue weighted by molar-refractivity contribution is 0.418. The van der Waals surface area contributed by atoms with Gasteiger partial charge in [0.05, 0.1) is 11.9 Å². The van der Waals surface area contributed by atoms with E-state index in [-0.39, 0.29) is 5.54 Å². The van der Waals surface area contributed by atoms with E-state index in [9.17, 15) is 0 Å². The van der Waals surface area contributed by atoms with Crippen molar-refractivity contribution in [2.75, 3.05) is 0 Å². The molecule has 0 saturated heterocycles. The lowest BCUT2D eigenvalue weighted by Crippen LogP contribution is -2.35. The summed E-state index contributed by atoms with van der Waals surface area (Å²) in [7, 11) is 1.85. The molecule has 1 heterocycles. The molecule has 0 aliphatic heterocycles. The van der Waals surface area contributed by atoms with Crippen LogP contribution in [-0.4, -0.2) is 15.1 Å². The molecule has 14 heavy (non-hydrogen) atoms. The van der Waals surface area contributed by atoms with E-state index in [1.807, 2.05) is 13.1 Å². The van der Waals surface area contributed by atoms with Crippen LogP contribution in [0.3, 0.4) is 0 Å². The van der Waals surface area contributed by atoms with Crippen LogP contribution in [-0.2, 0) is 13.6 Å². The average Bonchev–Trinajstić information content (AvgIpc) is 2.42. The minimum Gasteiger partial charge on any atom is -0.322 e. The zero-order valence-electron chi connectivity index (χ0n) is 9.13. The normalized spacial score (nSPS) is 11.4. The van der Waals surface area contributed by atoms with Crippen molar-refractivity contribution < 1.29 is 0 Å². The Balaban J connectivity index is 2.70. The minimum absolute atomic E-state index is 0.0804. The van der Waals surface area contributed by atoms with Crippen molar-refractivity contribution in [3.05, 3.63) is 17.7 Å². The third kappa shape index (κ3) is 2.57. The Bertz CT molecular complexity index is 351. The molecule has 1 N–H and O–H groups in total. The third-order valence-electron chi connectivity index (χ3n) is 1.98. The Morgan fingerprint density at radius 2 is 2.21 bits per heavy atom. The van der Waals surface area contributed by atoms with E-state index in [1.165, 1.54) is 0 Å². The molecule has 0 fully saturated rings. The minimum atomic E-state index is 0.0804. The van der Waals surface area contributed by atoms with Crippen LogP contribution in [0.25, 0.3) is 0 Å². The molecule has 1 aromatic heterocycles. The summed E-state index contributed by atoms with van der Waals surface area (Å²) in [6.07, 6.45) is 1.73. The molecule has 0 atom stereocenters. The van der Waals surface area contributed by atoms with Gasteiger partial charge in [-0.1, -0.05) is 0 Å². The number of nitrogens with one attached hydrogen (secondary N) is 1. The van der Waals surface area contributed by atoms with E-state index in [0.29, 0.717) is 5.82 Å². The van der Waals surface area contributed by atoms with E-state index >= 15 is 0 Å². The van der Waals surface area contributed by atoms with Gasteiger partial charge in [0, 0.05) is 19.1 Å². The van der Waals surface area contributed by atoms with Gasteiger partial charge in [0.2, 0.25) is 5.82 Å². The SMILES string of the molecule is Cn1c(CNC(C)(C)C)cnc1C#N. The van der Waals surface area contributed by atoms with Crippen molar-refractivity contribution in [1.82, 2.24) is 14.9 Å². The zero-order chi connectivity index (χ0) is 10.8. The van der Waals surface area contributed by atoms with Crippen molar-refractivity contribution in [2.45, 2.75) is 32.9 Å². The monoisotopic (exact) mass is 192 g/mol. The fraction of sp³-hybridized carbons (Fsp3) is 0.600. The van der Waals surface area contributed by atoms with Gasteiger partial charge in [0.25, 0.3) is 0 Å². The van der Waals surface area contributed by atoms with Crippen molar-refractivity contribution in [1.29, 1.82) is 5.26 Å². The molecular weight excluding hydrogens is 176 g/mol. The first kappa shape index (κ1) is 10.7. The lowest BCUT2D eigenvalue weighted by atomic mass is 10.1. The van der Waals surface area contributed by atoms with E-state index in [2.05, 4.69) is 31.1 Å². The number of hydrogen-bond acceptors (Lipinski definition) is 3. The van der Waals surface area contributed by atoms with Gasteiger partial charge in [-0.2, -0.15) is 5.26 Å². The number of nitrogens with zero attached hydrogens (tertiary/aromatic N) is 3. The maximum Gasteiger partial charge on any atom is 0.212 e. The highest BCUT2D eigenvalue weighted by molar-refractivity contribution is 5.16. The average molecular weight is 192 g/mol.